The molecule has 4 saturated carbocycles. The molecule has 6 rings (SSSR count). The fraction of sp³-hybridized carbons (Fsp3) is 0.905. The fourth-order valence-corrected chi connectivity index (χ4v) is 7.10. The quantitative estimate of drug-likeness (QED) is 0.824. The molecule has 6 fully saturated rings. The summed E-state index contributed by atoms with van der Waals surface area (Å²) in [6, 6.07) is 0.340. The summed E-state index contributed by atoms with van der Waals surface area (Å²) >= 11 is 0. The molecule has 1 N–H and O–H groups in total. The molecular weight excluding hydrogens is 326 g/mol. The molecule has 5 nitrogen and oxygen atoms in total. The van der Waals surface area contributed by atoms with Crippen molar-refractivity contribution in [2.75, 3.05) is 26.2 Å². The van der Waals surface area contributed by atoms with Gasteiger partial charge in [0.15, 0.2) is 0 Å². The lowest BCUT2D eigenvalue weighted by Crippen LogP contribution is -2.58. The van der Waals surface area contributed by atoms with E-state index in [1.165, 1.54) is 19.3 Å². The Hall–Kier alpha value is -1.26. The summed E-state index contributed by atoms with van der Waals surface area (Å²) in [5, 5.41) is 3.40. The van der Waals surface area contributed by atoms with Crippen molar-refractivity contribution in [3.05, 3.63) is 0 Å². The molecule has 0 aromatic carbocycles. The summed E-state index contributed by atoms with van der Waals surface area (Å²) in [7, 11) is 0. The molecule has 5 heteroatoms. The topological polar surface area (TPSA) is 52.7 Å². The standard InChI is InChI=1S/C21H33N3O2/c25-19(21-11-15-8-16(12-21)10-17(9-15)13-21)22-18-4-3-7-24(14-18)20(26)23-5-1-2-6-23/h15-18H,1-14H2,(H,22,25). The van der Waals surface area contributed by atoms with E-state index in [2.05, 4.69) is 5.32 Å². The van der Waals surface area contributed by atoms with Crippen LogP contribution in [-0.2, 0) is 4.79 Å². The van der Waals surface area contributed by atoms with E-state index in [9.17, 15) is 9.59 Å². The highest BCUT2D eigenvalue weighted by molar-refractivity contribution is 5.83. The SMILES string of the molecule is O=C(N1CCCC1)N1CCCC(NC(=O)C23CC4CC(CC(C4)C2)C3)C1. The molecule has 0 aromatic rings. The van der Waals surface area contributed by atoms with Crippen LogP contribution in [0, 0.1) is 23.2 Å². The molecule has 0 radical (unpaired) electrons. The van der Waals surface area contributed by atoms with E-state index in [0.717, 1.165) is 82.3 Å². The number of nitrogens with one attached hydrogen (secondary N) is 1. The Bertz CT molecular complexity index is 549. The maximum Gasteiger partial charge on any atom is 0.320 e. The first kappa shape index (κ1) is 16.9. The van der Waals surface area contributed by atoms with Gasteiger partial charge in [-0.2, -0.15) is 0 Å². The van der Waals surface area contributed by atoms with Crippen molar-refractivity contribution in [3.8, 4) is 0 Å². The summed E-state index contributed by atoms with van der Waals surface area (Å²) in [6.45, 7) is 3.35. The van der Waals surface area contributed by atoms with Crippen molar-refractivity contribution < 1.29 is 9.59 Å². The number of carbonyl (C=O) groups excluding carboxylic acids is 2. The molecule has 0 aromatic heterocycles. The van der Waals surface area contributed by atoms with Gasteiger partial charge in [0.2, 0.25) is 5.91 Å². The number of hydrogen-bond donors (Lipinski definition) is 1. The number of carbonyl (C=O) groups is 2. The van der Waals surface area contributed by atoms with Crippen LogP contribution in [0.5, 0.6) is 0 Å². The molecule has 0 spiro atoms. The van der Waals surface area contributed by atoms with Gasteiger partial charge in [0, 0.05) is 37.6 Å². The Morgan fingerprint density at radius 3 is 2.00 bits per heavy atom. The highest BCUT2D eigenvalue weighted by Gasteiger charge is 2.54. The van der Waals surface area contributed by atoms with Crippen molar-refractivity contribution >= 4 is 11.9 Å². The Labute approximate surface area is 156 Å². The van der Waals surface area contributed by atoms with Gasteiger partial charge in [-0.3, -0.25) is 4.79 Å². The molecule has 4 bridgehead atoms. The van der Waals surface area contributed by atoms with Crippen LogP contribution in [0.1, 0.15) is 64.2 Å². The molecular formula is C21H33N3O2. The van der Waals surface area contributed by atoms with Gasteiger partial charge < -0.3 is 15.1 Å². The maximum absolute atomic E-state index is 13.3. The van der Waals surface area contributed by atoms with Crippen molar-refractivity contribution in [3.63, 3.8) is 0 Å². The van der Waals surface area contributed by atoms with Crippen LogP contribution in [0.2, 0.25) is 0 Å². The van der Waals surface area contributed by atoms with Gasteiger partial charge in [0.25, 0.3) is 0 Å². The second kappa shape index (κ2) is 6.42. The number of amides is 3. The van der Waals surface area contributed by atoms with Crippen LogP contribution >= 0.6 is 0 Å². The summed E-state index contributed by atoms with van der Waals surface area (Å²) in [5.41, 5.74) is -0.0734. The minimum Gasteiger partial charge on any atom is -0.351 e. The van der Waals surface area contributed by atoms with Crippen molar-refractivity contribution in [2.24, 2.45) is 23.2 Å². The van der Waals surface area contributed by atoms with E-state index in [4.69, 9.17) is 0 Å². The smallest absolute Gasteiger partial charge is 0.320 e. The van der Waals surface area contributed by atoms with E-state index in [1.54, 1.807) is 0 Å². The van der Waals surface area contributed by atoms with E-state index >= 15 is 0 Å². The predicted octanol–water partition coefficient (Wildman–Crippen LogP) is 3.00. The minimum atomic E-state index is -0.0734. The van der Waals surface area contributed by atoms with Gasteiger partial charge in [-0.05, 0) is 82.0 Å². The molecule has 1 atom stereocenters. The highest BCUT2D eigenvalue weighted by atomic mass is 16.2. The zero-order valence-corrected chi connectivity index (χ0v) is 15.9. The van der Waals surface area contributed by atoms with E-state index in [0.29, 0.717) is 12.5 Å². The number of rotatable bonds is 2. The Balaban J connectivity index is 1.22. The van der Waals surface area contributed by atoms with Crippen LogP contribution in [0.3, 0.4) is 0 Å². The van der Waals surface area contributed by atoms with E-state index in [1.807, 2.05) is 9.80 Å². The van der Waals surface area contributed by atoms with Gasteiger partial charge in [-0.25, -0.2) is 4.79 Å². The van der Waals surface area contributed by atoms with Crippen LogP contribution in [-0.4, -0.2) is 54.0 Å². The zero-order chi connectivity index (χ0) is 17.7. The van der Waals surface area contributed by atoms with Crippen LogP contribution in [0.4, 0.5) is 4.79 Å². The second-order valence-corrected chi connectivity index (χ2v) is 9.93. The number of hydrogen-bond acceptors (Lipinski definition) is 2. The first-order chi connectivity index (χ1) is 12.6. The first-order valence-electron chi connectivity index (χ1n) is 11.0. The Morgan fingerprint density at radius 2 is 1.38 bits per heavy atom. The van der Waals surface area contributed by atoms with Crippen molar-refractivity contribution in [1.29, 1.82) is 0 Å². The zero-order valence-electron chi connectivity index (χ0n) is 15.9. The fourth-order valence-electron chi connectivity index (χ4n) is 7.10. The largest absolute Gasteiger partial charge is 0.351 e. The number of nitrogens with zero attached hydrogens (tertiary/aromatic N) is 2. The Kier molecular flexibility index (Phi) is 4.17. The molecule has 3 amide bonds. The Morgan fingerprint density at radius 1 is 0.808 bits per heavy atom. The van der Waals surface area contributed by atoms with Gasteiger partial charge >= 0.3 is 6.03 Å². The summed E-state index contributed by atoms with van der Waals surface area (Å²) in [5.74, 6) is 2.71. The minimum absolute atomic E-state index is 0.0734. The lowest BCUT2D eigenvalue weighted by Gasteiger charge is -2.56. The van der Waals surface area contributed by atoms with Crippen LogP contribution in [0.25, 0.3) is 0 Å². The summed E-state index contributed by atoms with van der Waals surface area (Å²) < 4.78 is 0. The average Bonchev–Trinajstić information content (AvgIpc) is 3.15. The highest BCUT2D eigenvalue weighted by Crippen LogP contribution is 2.60. The molecule has 4 aliphatic carbocycles. The van der Waals surface area contributed by atoms with Crippen molar-refractivity contribution in [1.82, 2.24) is 15.1 Å². The first-order valence-corrected chi connectivity index (χ1v) is 11.0. The lowest BCUT2D eigenvalue weighted by atomic mass is 9.49. The van der Waals surface area contributed by atoms with Gasteiger partial charge in [-0.1, -0.05) is 0 Å². The molecule has 26 heavy (non-hydrogen) atoms. The maximum atomic E-state index is 13.3. The molecule has 144 valence electrons. The molecule has 2 heterocycles. The summed E-state index contributed by atoms with van der Waals surface area (Å²) in [6.07, 6.45) is 11.7. The molecule has 2 saturated heterocycles. The van der Waals surface area contributed by atoms with E-state index in [-0.39, 0.29) is 17.5 Å². The van der Waals surface area contributed by atoms with Crippen molar-refractivity contribution in [2.45, 2.75) is 70.3 Å². The normalized spacial score (nSPS) is 41.5. The van der Waals surface area contributed by atoms with Gasteiger partial charge in [0.1, 0.15) is 0 Å². The average molecular weight is 360 g/mol. The number of likely N-dealkylation sites (tertiary alicyclic amines) is 2. The predicted molar refractivity (Wildman–Crippen MR) is 99.5 cm³/mol. The van der Waals surface area contributed by atoms with Crippen LogP contribution in [0.15, 0.2) is 0 Å². The number of urea groups is 1. The van der Waals surface area contributed by atoms with Gasteiger partial charge in [-0.15, -0.1) is 0 Å². The number of piperidine rings is 1. The molecule has 1 unspecified atom stereocenters. The monoisotopic (exact) mass is 359 g/mol. The third-order valence-corrected chi connectivity index (χ3v) is 7.92. The van der Waals surface area contributed by atoms with E-state index < -0.39 is 0 Å². The molecule has 6 aliphatic rings. The third-order valence-electron chi connectivity index (χ3n) is 7.92. The van der Waals surface area contributed by atoms with Gasteiger partial charge in [0.05, 0.1) is 0 Å². The second-order valence-electron chi connectivity index (χ2n) is 9.93. The third kappa shape index (κ3) is 2.91. The summed E-state index contributed by atoms with van der Waals surface area (Å²) in [4.78, 5) is 29.9. The molecule has 2 aliphatic heterocycles. The van der Waals surface area contributed by atoms with Crippen LogP contribution < -0.4 is 5.32 Å². The lowest BCUT2D eigenvalue weighted by molar-refractivity contribution is -0.147.